The van der Waals surface area contributed by atoms with Gasteiger partial charge >= 0.3 is 0 Å². The predicted octanol–water partition coefficient (Wildman–Crippen LogP) is 0.0833. The lowest BCUT2D eigenvalue weighted by atomic mass is 10.2. The number of carbonyl (C=O) groups excluding carboxylic acids is 1. The molecule has 0 radical (unpaired) electrons. The molecule has 1 amide bonds. The standard InChI is InChI=1S/C14H20N4O5S/c1-10-3-4-12(18(20)21)9-13(10)24(22,23)17-7-5-16(6-8-17)14(19)11(2)15/h3-4,9,11H,5-8,15H2,1-2H3/t11-/m0/s1. The number of non-ortho nitro benzene ring substituents is 1. The molecular weight excluding hydrogens is 336 g/mol. The Hall–Kier alpha value is -2.04. The van der Waals surface area contributed by atoms with E-state index in [-0.39, 0.29) is 42.7 Å². The van der Waals surface area contributed by atoms with Crippen LogP contribution in [0.5, 0.6) is 0 Å². The van der Waals surface area contributed by atoms with Gasteiger partial charge in [0.05, 0.1) is 15.9 Å². The van der Waals surface area contributed by atoms with Gasteiger partial charge in [0.15, 0.2) is 0 Å². The van der Waals surface area contributed by atoms with Gasteiger partial charge in [0.2, 0.25) is 15.9 Å². The fraction of sp³-hybridized carbons (Fsp3) is 0.500. The van der Waals surface area contributed by atoms with Crippen LogP contribution in [0.25, 0.3) is 0 Å². The van der Waals surface area contributed by atoms with Crippen molar-refractivity contribution in [3.63, 3.8) is 0 Å². The van der Waals surface area contributed by atoms with E-state index in [1.807, 2.05) is 0 Å². The number of nitro benzene ring substituents is 1. The molecule has 0 unspecified atom stereocenters. The predicted molar refractivity (Wildman–Crippen MR) is 86.8 cm³/mol. The van der Waals surface area contributed by atoms with Crippen molar-refractivity contribution in [3.05, 3.63) is 33.9 Å². The number of rotatable bonds is 4. The summed E-state index contributed by atoms with van der Waals surface area (Å²) in [6, 6.07) is 3.13. The third kappa shape index (κ3) is 3.55. The number of hydrogen-bond donors (Lipinski definition) is 1. The van der Waals surface area contributed by atoms with Crippen LogP contribution in [0.3, 0.4) is 0 Å². The van der Waals surface area contributed by atoms with Gasteiger partial charge in [-0.15, -0.1) is 0 Å². The van der Waals surface area contributed by atoms with E-state index in [9.17, 15) is 23.3 Å². The van der Waals surface area contributed by atoms with E-state index in [4.69, 9.17) is 5.73 Å². The van der Waals surface area contributed by atoms with E-state index in [1.165, 1.54) is 21.3 Å². The molecule has 0 bridgehead atoms. The fourth-order valence-electron chi connectivity index (χ4n) is 2.56. The minimum Gasteiger partial charge on any atom is -0.339 e. The van der Waals surface area contributed by atoms with Crippen molar-refractivity contribution in [3.8, 4) is 0 Å². The molecule has 2 rings (SSSR count). The van der Waals surface area contributed by atoms with Crippen LogP contribution in [0.4, 0.5) is 5.69 Å². The highest BCUT2D eigenvalue weighted by Crippen LogP contribution is 2.25. The van der Waals surface area contributed by atoms with Crippen molar-refractivity contribution in [2.75, 3.05) is 26.2 Å². The van der Waals surface area contributed by atoms with Crippen LogP contribution in [0.1, 0.15) is 12.5 Å². The van der Waals surface area contributed by atoms with Crippen LogP contribution in [-0.2, 0) is 14.8 Å². The third-order valence-electron chi connectivity index (χ3n) is 3.94. The summed E-state index contributed by atoms with van der Waals surface area (Å²) in [5.74, 6) is -0.224. The number of nitrogens with zero attached hydrogens (tertiary/aromatic N) is 3. The van der Waals surface area contributed by atoms with E-state index in [2.05, 4.69) is 0 Å². The molecular formula is C14H20N4O5S. The molecule has 0 spiro atoms. The van der Waals surface area contributed by atoms with Crippen molar-refractivity contribution in [2.45, 2.75) is 24.8 Å². The largest absolute Gasteiger partial charge is 0.339 e. The van der Waals surface area contributed by atoms with Gasteiger partial charge < -0.3 is 10.6 Å². The Morgan fingerprint density at radius 1 is 1.29 bits per heavy atom. The average molecular weight is 356 g/mol. The Morgan fingerprint density at radius 3 is 2.38 bits per heavy atom. The van der Waals surface area contributed by atoms with Gasteiger partial charge in [0.25, 0.3) is 5.69 Å². The van der Waals surface area contributed by atoms with Crippen molar-refractivity contribution in [1.29, 1.82) is 0 Å². The molecule has 1 aromatic carbocycles. The molecule has 1 heterocycles. The number of nitrogens with two attached hydrogens (primary N) is 1. The first-order valence-corrected chi connectivity index (χ1v) is 8.88. The lowest BCUT2D eigenvalue weighted by molar-refractivity contribution is -0.385. The monoisotopic (exact) mass is 356 g/mol. The van der Waals surface area contributed by atoms with E-state index >= 15 is 0 Å². The van der Waals surface area contributed by atoms with E-state index < -0.39 is 21.0 Å². The fourth-order valence-corrected chi connectivity index (χ4v) is 4.22. The quantitative estimate of drug-likeness (QED) is 0.601. The summed E-state index contributed by atoms with van der Waals surface area (Å²) in [4.78, 5) is 23.6. The number of benzene rings is 1. The number of amides is 1. The zero-order chi connectivity index (χ0) is 18.1. The van der Waals surface area contributed by atoms with Crippen molar-refractivity contribution in [2.24, 2.45) is 5.73 Å². The smallest absolute Gasteiger partial charge is 0.270 e. The molecule has 0 aromatic heterocycles. The SMILES string of the molecule is Cc1ccc([N+](=O)[O-])cc1S(=O)(=O)N1CCN(C(=O)[C@H](C)N)CC1. The first kappa shape index (κ1) is 18.3. The van der Waals surface area contributed by atoms with Gasteiger partial charge in [-0.1, -0.05) is 6.07 Å². The Labute approximate surface area is 140 Å². The molecule has 10 heteroatoms. The molecule has 132 valence electrons. The molecule has 0 saturated carbocycles. The molecule has 9 nitrogen and oxygen atoms in total. The Kier molecular flexibility index (Phi) is 5.21. The maximum absolute atomic E-state index is 12.8. The van der Waals surface area contributed by atoms with Crippen molar-refractivity contribution < 1.29 is 18.1 Å². The Morgan fingerprint density at radius 2 is 1.88 bits per heavy atom. The molecule has 1 aromatic rings. The molecule has 1 fully saturated rings. The summed E-state index contributed by atoms with van der Waals surface area (Å²) in [5, 5.41) is 10.9. The minimum atomic E-state index is -3.86. The normalized spacial score (nSPS) is 17.5. The second kappa shape index (κ2) is 6.83. The summed E-state index contributed by atoms with van der Waals surface area (Å²) in [5.41, 5.74) is 5.72. The van der Waals surface area contributed by atoms with Crippen LogP contribution < -0.4 is 5.73 Å². The zero-order valence-electron chi connectivity index (χ0n) is 13.5. The maximum Gasteiger partial charge on any atom is 0.270 e. The lowest BCUT2D eigenvalue weighted by Gasteiger charge is -2.34. The highest BCUT2D eigenvalue weighted by Gasteiger charge is 2.32. The Balaban J connectivity index is 2.22. The van der Waals surface area contributed by atoms with E-state index in [0.717, 1.165) is 6.07 Å². The zero-order valence-corrected chi connectivity index (χ0v) is 14.3. The minimum absolute atomic E-state index is 0.0799. The average Bonchev–Trinajstić information content (AvgIpc) is 2.54. The number of carbonyl (C=O) groups is 1. The number of piperazine rings is 1. The number of nitro groups is 1. The van der Waals surface area contributed by atoms with Crippen LogP contribution in [-0.4, -0.2) is 60.7 Å². The summed E-state index contributed by atoms with van der Waals surface area (Å²) in [6.07, 6.45) is 0. The molecule has 2 N–H and O–H groups in total. The van der Waals surface area contributed by atoms with Crippen molar-refractivity contribution in [1.82, 2.24) is 9.21 Å². The van der Waals surface area contributed by atoms with Crippen molar-refractivity contribution >= 4 is 21.6 Å². The van der Waals surface area contributed by atoms with Gasteiger partial charge in [-0.3, -0.25) is 14.9 Å². The topological polar surface area (TPSA) is 127 Å². The first-order chi connectivity index (χ1) is 11.1. The van der Waals surface area contributed by atoms with Crippen LogP contribution in [0.15, 0.2) is 23.1 Å². The van der Waals surface area contributed by atoms with Gasteiger partial charge in [-0.05, 0) is 19.4 Å². The maximum atomic E-state index is 12.8. The second-order valence-corrected chi connectivity index (χ2v) is 7.63. The molecule has 1 aliphatic heterocycles. The lowest BCUT2D eigenvalue weighted by Crippen LogP contribution is -2.53. The molecule has 0 aliphatic carbocycles. The second-order valence-electron chi connectivity index (χ2n) is 5.72. The molecule has 24 heavy (non-hydrogen) atoms. The van der Waals surface area contributed by atoms with Gasteiger partial charge in [-0.25, -0.2) is 8.42 Å². The summed E-state index contributed by atoms with van der Waals surface area (Å²) >= 11 is 0. The molecule has 1 saturated heterocycles. The number of sulfonamides is 1. The van der Waals surface area contributed by atoms with Gasteiger partial charge in [0, 0.05) is 38.3 Å². The van der Waals surface area contributed by atoms with E-state index in [0.29, 0.717) is 5.56 Å². The Bertz CT molecular complexity index is 754. The summed E-state index contributed by atoms with van der Waals surface area (Å²) in [7, 11) is -3.86. The number of aryl methyl sites for hydroxylation is 1. The number of hydrogen-bond acceptors (Lipinski definition) is 6. The summed E-state index contributed by atoms with van der Waals surface area (Å²) in [6.45, 7) is 3.91. The van der Waals surface area contributed by atoms with Crippen LogP contribution in [0.2, 0.25) is 0 Å². The van der Waals surface area contributed by atoms with E-state index in [1.54, 1.807) is 13.8 Å². The highest BCUT2D eigenvalue weighted by molar-refractivity contribution is 7.89. The van der Waals surface area contributed by atoms with Gasteiger partial charge in [0.1, 0.15) is 0 Å². The molecule has 1 atom stereocenters. The van der Waals surface area contributed by atoms with Crippen LogP contribution >= 0.6 is 0 Å². The summed E-state index contributed by atoms with van der Waals surface area (Å²) < 4.78 is 26.8. The third-order valence-corrected chi connectivity index (χ3v) is 5.98. The highest BCUT2D eigenvalue weighted by atomic mass is 32.2. The van der Waals surface area contributed by atoms with Crippen LogP contribution in [0, 0.1) is 17.0 Å². The molecule has 1 aliphatic rings. The van der Waals surface area contributed by atoms with Gasteiger partial charge in [-0.2, -0.15) is 4.31 Å². The first-order valence-electron chi connectivity index (χ1n) is 7.44.